The molecule has 1 saturated heterocycles. The highest BCUT2D eigenvalue weighted by Crippen LogP contribution is 2.24. The second kappa shape index (κ2) is 8.37. The highest BCUT2D eigenvalue weighted by atomic mass is 16.2. The second-order valence-electron chi connectivity index (χ2n) is 8.22. The molecule has 5 heteroatoms. The number of aromatic nitrogens is 2. The predicted octanol–water partition coefficient (Wildman–Crippen LogP) is 3.94. The fraction of sp³-hybridized carbons (Fsp3) is 0.417. The zero-order valence-electron chi connectivity index (χ0n) is 17.6. The number of pyridine rings is 1. The van der Waals surface area contributed by atoms with Crippen molar-refractivity contribution in [1.29, 1.82) is 0 Å². The number of carbonyl (C=O) groups excluding carboxylic acids is 1. The number of likely N-dealkylation sites (tertiary alicyclic amines) is 1. The van der Waals surface area contributed by atoms with Gasteiger partial charge in [-0.05, 0) is 56.8 Å². The number of hydrogen-bond donors (Lipinski definition) is 0. The van der Waals surface area contributed by atoms with Crippen molar-refractivity contribution in [2.75, 3.05) is 20.1 Å². The lowest BCUT2D eigenvalue weighted by molar-refractivity contribution is 0.0788. The summed E-state index contributed by atoms with van der Waals surface area (Å²) in [7, 11) is 1.88. The molecule has 0 saturated carbocycles. The number of aryl methyl sites for hydroxylation is 1. The molecule has 0 spiro atoms. The van der Waals surface area contributed by atoms with E-state index in [4.69, 9.17) is 4.98 Å². The van der Waals surface area contributed by atoms with Crippen LogP contribution in [0.3, 0.4) is 0 Å². The molecule has 0 bridgehead atoms. The summed E-state index contributed by atoms with van der Waals surface area (Å²) in [5, 5.41) is 0. The summed E-state index contributed by atoms with van der Waals surface area (Å²) in [5.41, 5.74) is 4.82. The second-order valence-corrected chi connectivity index (χ2v) is 8.22. The molecule has 5 nitrogen and oxygen atoms in total. The summed E-state index contributed by atoms with van der Waals surface area (Å²) in [6.45, 7) is 6.85. The number of carbonyl (C=O) groups is 1. The van der Waals surface area contributed by atoms with Crippen LogP contribution in [-0.4, -0.2) is 51.3 Å². The summed E-state index contributed by atoms with van der Waals surface area (Å²) in [6, 6.07) is 14.9. The lowest BCUT2D eigenvalue weighted by atomic mass is 10.1. The number of nitrogens with zero attached hydrogens (tertiary/aromatic N) is 4. The minimum absolute atomic E-state index is 0.00545. The number of fused-ring (bicyclic) bond motifs is 1. The van der Waals surface area contributed by atoms with Crippen LogP contribution in [0.1, 0.15) is 47.1 Å². The molecule has 1 aromatic carbocycles. The van der Waals surface area contributed by atoms with E-state index < -0.39 is 0 Å². The molecule has 1 amide bonds. The molecule has 2 aromatic heterocycles. The van der Waals surface area contributed by atoms with Crippen molar-refractivity contribution in [3.05, 3.63) is 71.2 Å². The summed E-state index contributed by atoms with van der Waals surface area (Å²) in [4.78, 5) is 22.4. The van der Waals surface area contributed by atoms with Gasteiger partial charge in [-0.15, -0.1) is 0 Å². The van der Waals surface area contributed by atoms with Crippen LogP contribution in [0.4, 0.5) is 0 Å². The normalized spacial score (nSPS) is 17.1. The largest absolute Gasteiger partial charge is 0.340 e. The van der Waals surface area contributed by atoms with E-state index in [2.05, 4.69) is 41.3 Å². The standard InChI is InChI=1S/C24H30N4O/c1-18-9-7-15-28-21(17-27-14-8-10-19(27)2)22(25-23(18)28)24(29)26(3)16-13-20-11-5-4-6-12-20/h4-7,9,11-12,15,19H,8,10,13-14,16-17H2,1-3H3/t19-/m0/s1. The molecule has 0 N–H and O–H groups in total. The molecular weight excluding hydrogens is 360 g/mol. The average Bonchev–Trinajstić information content (AvgIpc) is 3.31. The van der Waals surface area contributed by atoms with Crippen LogP contribution in [-0.2, 0) is 13.0 Å². The number of likely N-dealkylation sites (N-methyl/N-ethyl adjacent to an activating group) is 1. The lowest BCUT2D eigenvalue weighted by Gasteiger charge is -2.22. The number of benzene rings is 1. The third-order valence-corrected chi connectivity index (χ3v) is 6.12. The van der Waals surface area contributed by atoms with E-state index in [1.54, 1.807) is 4.90 Å². The first-order valence-corrected chi connectivity index (χ1v) is 10.5. The maximum atomic E-state index is 13.4. The maximum absolute atomic E-state index is 13.4. The number of hydrogen-bond acceptors (Lipinski definition) is 3. The van der Waals surface area contributed by atoms with E-state index in [1.807, 2.05) is 37.5 Å². The van der Waals surface area contributed by atoms with E-state index >= 15 is 0 Å². The molecule has 0 radical (unpaired) electrons. The Hall–Kier alpha value is -2.66. The van der Waals surface area contributed by atoms with Crippen LogP contribution >= 0.6 is 0 Å². The van der Waals surface area contributed by atoms with Gasteiger partial charge in [-0.2, -0.15) is 0 Å². The monoisotopic (exact) mass is 390 g/mol. The fourth-order valence-corrected chi connectivity index (χ4v) is 4.22. The first-order valence-electron chi connectivity index (χ1n) is 10.5. The zero-order chi connectivity index (χ0) is 20.4. The molecule has 1 aliphatic heterocycles. The van der Waals surface area contributed by atoms with Crippen LogP contribution in [0, 0.1) is 6.92 Å². The highest BCUT2D eigenvalue weighted by Gasteiger charge is 2.27. The topological polar surface area (TPSA) is 40.9 Å². The van der Waals surface area contributed by atoms with Gasteiger partial charge in [0, 0.05) is 32.4 Å². The Kier molecular flexibility index (Phi) is 5.67. The lowest BCUT2D eigenvalue weighted by Crippen LogP contribution is -2.32. The van der Waals surface area contributed by atoms with E-state index in [0.29, 0.717) is 18.3 Å². The molecular formula is C24H30N4O. The Morgan fingerprint density at radius 2 is 2.00 bits per heavy atom. The first-order chi connectivity index (χ1) is 14.0. The van der Waals surface area contributed by atoms with Crippen LogP contribution in [0.25, 0.3) is 5.65 Å². The van der Waals surface area contributed by atoms with Gasteiger partial charge in [-0.3, -0.25) is 9.69 Å². The van der Waals surface area contributed by atoms with Crippen LogP contribution in [0.15, 0.2) is 48.7 Å². The summed E-state index contributed by atoms with van der Waals surface area (Å²) in [5.74, 6) is 0.00545. The summed E-state index contributed by atoms with van der Waals surface area (Å²) < 4.78 is 2.11. The summed E-state index contributed by atoms with van der Waals surface area (Å²) >= 11 is 0. The van der Waals surface area contributed by atoms with Gasteiger partial charge in [-0.1, -0.05) is 36.4 Å². The van der Waals surface area contributed by atoms with Crippen LogP contribution in [0.2, 0.25) is 0 Å². The van der Waals surface area contributed by atoms with Crippen LogP contribution in [0.5, 0.6) is 0 Å². The van der Waals surface area contributed by atoms with Gasteiger partial charge < -0.3 is 9.30 Å². The van der Waals surface area contributed by atoms with Gasteiger partial charge in [-0.25, -0.2) is 4.98 Å². The number of amides is 1. The Morgan fingerprint density at radius 3 is 2.72 bits per heavy atom. The maximum Gasteiger partial charge on any atom is 0.274 e. The van der Waals surface area contributed by atoms with Gasteiger partial charge in [0.15, 0.2) is 5.69 Å². The van der Waals surface area contributed by atoms with Crippen molar-refractivity contribution in [1.82, 2.24) is 19.2 Å². The molecule has 3 aromatic rings. The highest BCUT2D eigenvalue weighted by molar-refractivity contribution is 5.94. The third-order valence-electron chi connectivity index (χ3n) is 6.12. The molecule has 0 unspecified atom stereocenters. The van der Waals surface area contributed by atoms with Crippen molar-refractivity contribution in [2.24, 2.45) is 0 Å². The smallest absolute Gasteiger partial charge is 0.274 e. The van der Waals surface area contributed by atoms with Crippen molar-refractivity contribution in [2.45, 2.75) is 45.7 Å². The molecule has 1 atom stereocenters. The van der Waals surface area contributed by atoms with Crippen LogP contribution < -0.4 is 0 Å². The number of imidazole rings is 1. The minimum Gasteiger partial charge on any atom is -0.340 e. The molecule has 0 aliphatic carbocycles. The Labute approximate surface area is 173 Å². The Balaban J connectivity index is 1.61. The van der Waals surface area contributed by atoms with E-state index in [0.717, 1.165) is 36.4 Å². The molecule has 152 valence electrons. The van der Waals surface area contributed by atoms with Crippen molar-refractivity contribution < 1.29 is 4.79 Å². The SMILES string of the molecule is Cc1cccn2c(CN3CCC[C@@H]3C)c(C(=O)N(C)CCc3ccccc3)nc12. The quantitative estimate of drug-likeness (QED) is 0.640. The van der Waals surface area contributed by atoms with Gasteiger partial charge in [0.1, 0.15) is 5.65 Å². The van der Waals surface area contributed by atoms with Gasteiger partial charge in [0.2, 0.25) is 0 Å². The van der Waals surface area contributed by atoms with E-state index in [-0.39, 0.29) is 5.91 Å². The Morgan fingerprint density at radius 1 is 1.21 bits per heavy atom. The van der Waals surface area contributed by atoms with Crippen molar-refractivity contribution in [3.8, 4) is 0 Å². The molecule has 1 aliphatic rings. The molecule has 29 heavy (non-hydrogen) atoms. The molecule has 1 fully saturated rings. The van der Waals surface area contributed by atoms with Crippen molar-refractivity contribution in [3.63, 3.8) is 0 Å². The van der Waals surface area contributed by atoms with Crippen molar-refractivity contribution >= 4 is 11.6 Å². The van der Waals surface area contributed by atoms with Gasteiger partial charge in [0.05, 0.1) is 5.69 Å². The zero-order valence-corrected chi connectivity index (χ0v) is 17.6. The summed E-state index contributed by atoms with van der Waals surface area (Å²) in [6.07, 6.45) is 5.31. The first kappa shape index (κ1) is 19.6. The molecule has 4 rings (SSSR count). The Bertz CT molecular complexity index is 995. The van der Waals surface area contributed by atoms with E-state index in [1.165, 1.54) is 18.4 Å². The predicted molar refractivity (Wildman–Crippen MR) is 116 cm³/mol. The van der Waals surface area contributed by atoms with E-state index in [9.17, 15) is 4.79 Å². The number of rotatable bonds is 6. The average molecular weight is 391 g/mol. The third kappa shape index (κ3) is 4.06. The molecule has 3 heterocycles. The van der Waals surface area contributed by atoms with Gasteiger partial charge in [0.25, 0.3) is 5.91 Å². The minimum atomic E-state index is 0.00545. The fourth-order valence-electron chi connectivity index (χ4n) is 4.22. The van der Waals surface area contributed by atoms with Gasteiger partial charge >= 0.3 is 0 Å².